The standard InChI is InChI=1S/C12H12I3NO3/c1-2-6(12(18)19)5-16-11(17)8-3-7(13)4-9(14)10(8)15/h3-4,6H,2,5H2,1H3,(H,16,17)(H,18,19). The number of benzene rings is 1. The minimum absolute atomic E-state index is 0.156. The van der Waals surface area contributed by atoms with Gasteiger partial charge in [-0.1, -0.05) is 6.92 Å². The lowest BCUT2D eigenvalue weighted by Crippen LogP contribution is -2.33. The van der Waals surface area contributed by atoms with Crippen molar-refractivity contribution in [3.63, 3.8) is 0 Å². The maximum absolute atomic E-state index is 12.1. The van der Waals surface area contributed by atoms with E-state index in [-0.39, 0.29) is 12.5 Å². The van der Waals surface area contributed by atoms with Crippen molar-refractivity contribution < 1.29 is 14.7 Å². The Morgan fingerprint density at radius 2 is 1.95 bits per heavy atom. The van der Waals surface area contributed by atoms with Crippen LogP contribution < -0.4 is 5.32 Å². The third-order valence-corrected chi connectivity index (χ3v) is 6.26. The van der Waals surface area contributed by atoms with Gasteiger partial charge in [0.25, 0.3) is 5.91 Å². The van der Waals surface area contributed by atoms with Crippen LogP contribution in [0.1, 0.15) is 23.7 Å². The molecular formula is C12H12I3NO3. The Balaban J connectivity index is 2.82. The van der Waals surface area contributed by atoms with E-state index >= 15 is 0 Å². The van der Waals surface area contributed by atoms with Gasteiger partial charge in [0, 0.05) is 17.3 Å². The number of aliphatic carboxylic acids is 1. The quantitative estimate of drug-likeness (QED) is 0.404. The molecule has 0 saturated heterocycles. The van der Waals surface area contributed by atoms with Gasteiger partial charge in [0.2, 0.25) is 0 Å². The molecule has 0 heterocycles. The summed E-state index contributed by atoms with van der Waals surface area (Å²) in [7, 11) is 0. The van der Waals surface area contributed by atoms with Gasteiger partial charge in [-0.15, -0.1) is 0 Å². The minimum atomic E-state index is -0.880. The average Bonchev–Trinajstić information content (AvgIpc) is 2.33. The summed E-state index contributed by atoms with van der Waals surface area (Å²) in [6.07, 6.45) is 0.497. The molecule has 0 aromatic heterocycles. The summed E-state index contributed by atoms with van der Waals surface area (Å²) in [6, 6.07) is 3.80. The molecule has 0 spiro atoms. The van der Waals surface area contributed by atoms with Crippen LogP contribution in [0.2, 0.25) is 0 Å². The molecule has 0 aliphatic rings. The van der Waals surface area contributed by atoms with E-state index < -0.39 is 11.9 Å². The molecule has 0 radical (unpaired) electrons. The van der Waals surface area contributed by atoms with Gasteiger partial charge in [0.15, 0.2) is 0 Å². The van der Waals surface area contributed by atoms with Gasteiger partial charge in [0.1, 0.15) is 0 Å². The Kier molecular flexibility index (Phi) is 7.29. The molecule has 0 fully saturated rings. The Morgan fingerprint density at radius 3 is 2.47 bits per heavy atom. The first-order chi connectivity index (χ1) is 8.86. The largest absolute Gasteiger partial charge is 0.481 e. The normalized spacial score (nSPS) is 12.0. The zero-order chi connectivity index (χ0) is 14.6. The second-order valence-corrected chi connectivity index (χ2v) is 7.39. The molecule has 1 amide bonds. The van der Waals surface area contributed by atoms with Crippen LogP contribution in [0.5, 0.6) is 0 Å². The molecule has 0 bridgehead atoms. The molecule has 1 aromatic rings. The zero-order valence-corrected chi connectivity index (χ0v) is 16.5. The van der Waals surface area contributed by atoms with E-state index in [9.17, 15) is 9.59 Å². The van der Waals surface area contributed by atoms with Crippen molar-refractivity contribution in [3.8, 4) is 0 Å². The second kappa shape index (κ2) is 7.96. The molecule has 0 saturated carbocycles. The highest BCUT2D eigenvalue weighted by Crippen LogP contribution is 2.22. The number of carbonyl (C=O) groups is 2. The number of hydrogen-bond donors (Lipinski definition) is 2. The number of carboxylic acid groups (broad SMARTS) is 1. The number of carboxylic acids is 1. The third-order valence-electron chi connectivity index (χ3n) is 2.59. The first-order valence-corrected chi connectivity index (χ1v) is 8.76. The molecule has 1 rings (SSSR count). The molecule has 2 N–H and O–H groups in total. The molecule has 4 nitrogen and oxygen atoms in total. The van der Waals surface area contributed by atoms with Crippen LogP contribution in [0.3, 0.4) is 0 Å². The van der Waals surface area contributed by atoms with Crippen molar-refractivity contribution >= 4 is 79.6 Å². The SMILES string of the molecule is CCC(CNC(=O)c1cc(I)cc(I)c1I)C(=O)O. The van der Waals surface area contributed by atoms with Gasteiger partial charge in [-0.3, -0.25) is 9.59 Å². The fraction of sp³-hybridized carbons (Fsp3) is 0.333. The van der Waals surface area contributed by atoms with Gasteiger partial charge in [-0.25, -0.2) is 0 Å². The highest BCUT2D eigenvalue weighted by atomic mass is 127. The third kappa shape index (κ3) is 4.99. The minimum Gasteiger partial charge on any atom is -0.481 e. The van der Waals surface area contributed by atoms with Gasteiger partial charge < -0.3 is 10.4 Å². The second-order valence-electron chi connectivity index (χ2n) is 3.90. The van der Waals surface area contributed by atoms with E-state index in [0.717, 1.165) is 10.7 Å². The molecule has 1 unspecified atom stereocenters. The van der Waals surface area contributed by atoms with E-state index in [1.807, 2.05) is 12.1 Å². The predicted octanol–water partition coefficient (Wildman–Crippen LogP) is 3.34. The Morgan fingerprint density at radius 1 is 1.32 bits per heavy atom. The number of rotatable bonds is 5. The first-order valence-electron chi connectivity index (χ1n) is 5.52. The van der Waals surface area contributed by atoms with E-state index in [1.165, 1.54) is 0 Å². The number of hydrogen-bond acceptors (Lipinski definition) is 2. The van der Waals surface area contributed by atoms with Crippen molar-refractivity contribution in [1.29, 1.82) is 0 Å². The van der Waals surface area contributed by atoms with Crippen LogP contribution in [-0.2, 0) is 4.79 Å². The monoisotopic (exact) mass is 599 g/mol. The predicted molar refractivity (Wildman–Crippen MR) is 98.3 cm³/mol. The molecule has 104 valence electrons. The highest BCUT2D eigenvalue weighted by Gasteiger charge is 2.18. The van der Waals surface area contributed by atoms with Crippen LogP contribution >= 0.6 is 67.8 Å². The van der Waals surface area contributed by atoms with Crippen molar-refractivity contribution in [2.45, 2.75) is 13.3 Å². The van der Waals surface area contributed by atoms with Gasteiger partial charge >= 0.3 is 5.97 Å². The number of halogens is 3. The number of amides is 1. The summed E-state index contributed by atoms with van der Waals surface area (Å²) >= 11 is 6.47. The summed E-state index contributed by atoms with van der Waals surface area (Å²) in [5, 5.41) is 11.6. The molecule has 7 heteroatoms. The lowest BCUT2D eigenvalue weighted by Gasteiger charge is -2.12. The summed E-state index contributed by atoms with van der Waals surface area (Å²) < 4.78 is 2.89. The molecule has 0 aliphatic heterocycles. The Hall–Kier alpha value is 0.350. The van der Waals surface area contributed by atoms with Crippen LogP contribution in [0.4, 0.5) is 0 Å². The lowest BCUT2D eigenvalue weighted by atomic mass is 10.1. The molecular weight excluding hydrogens is 587 g/mol. The highest BCUT2D eigenvalue weighted by molar-refractivity contribution is 14.1. The zero-order valence-electron chi connectivity index (χ0n) is 10.0. The van der Waals surface area contributed by atoms with E-state index in [0.29, 0.717) is 12.0 Å². The Bertz CT molecular complexity index is 505. The lowest BCUT2D eigenvalue weighted by molar-refractivity contribution is -0.141. The summed E-state index contributed by atoms with van der Waals surface area (Å²) in [5.74, 6) is -1.64. The van der Waals surface area contributed by atoms with Crippen LogP contribution in [0.15, 0.2) is 12.1 Å². The Labute approximate surface area is 152 Å². The van der Waals surface area contributed by atoms with E-state index in [1.54, 1.807) is 6.92 Å². The topological polar surface area (TPSA) is 66.4 Å². The summed E-state index contributed by atoms with van der Waals surface area (Å²) in [6.45, 7) is 1.95. The maximum atomic E-state index is 12.1. The van der Waals surface area contributed by atoms with Crippen LogP contribution in [0.25, 0.3) is 0 Å². The van der Waals surface area contributed by atoms with E-state index in [4.69, 9.17) is 5.11 Å². The maximum Gasteiger partial charge on any atom is 0.308 e. The fourth-order valence-electron chi connectivity index (χ4n) is 1.44. The van der Waals surface area contributed by atoms with Crippen molar-refractivity contribution in [2.24, 2.45) is 5.92 Å². The first kappa shape index (κ1) is 17.4. The van der Waals surface area contributed by atoms with Gasteiger partial charge in [-0.2, -0.15) is 0 Å². The van der Waals surface area contributed by atoms with Crippen molar-refractivity contribution in [1.82, 2.24) is 5.32 Å². The van der Waals surface area contributed by atoms with Gasteiger partial charge in [-0.05, 0) is 86.3 Å². The van der Waals surface area contributed by atoms with Crippen molar-refractivity contribution in [3.05, 3.63) is 28.4 Å². The smallest absolute Gasteiger partial charge is 0.308 e. The summed E-state index contributed by atoms with van der Waals surface area (Å²) in [4.78, 5) is 23.0. The van der Waals surface area contributed by atoms with Crippen LogP contribution in [-0.4, -0.2) is 23.5 Å². The van der Waals surface area contributed by atoms with Gasteiger partial charge in [0.05, 0.1) is 11.5 Å². The number of nitrogens with one attached hydrogen (secondary N) is 1. The van der Waals surface area contributed by atoms with E-state index in [2.05, 4.69) is 73.1 Å². The fourth-order valence-corrected chi connectivity index (χ4v) is 3.84. The molecule has 1 aromatic carbocycles. The summed E-state index contributed by atoms with van der Waals surface area (Å²) in [5.41, 5.74) is 0.595. The van der Waals surface area contributed by atoms with Crippen molar-refractivity contribution in [2.75, 3.05) is 6.54 Å². The number of carbonyl (C=O) groups excluding carboxylic acids is 1. The molecule has 19 heavy (non-hydrogen) atoms. The average molecular weight is 599 g/mol. The molecule has 0 aliphatic carbocycles. The van der Waals surface area contributed by atoms with Crippen LogP contribution in [0, 0.1) is 16.6 Å². The molecule has 1 atom stereocenters.